The van der Waals surface area contributed by atoms with Crippen LogP contribution in [0.2, 0.25) is 0 Å². The summed E-state index contributed by atoms with van der Waals surface area (Å²) in [5.74, 6) is -1.69. The fraction of sp³-hybridized carbons (Fsp3) is 0.846. The van der Waals surface area contributed by atoms with Gasteiger partial charge in [-0.15, -0.1) is 0 Å². The van der Waals surface area contributed by atoms with E-state index in [1.165, 1.54) is 0 Å². The van der Waals surface area contributed by atoms with Crippen LogP contribution in [0.3, 0.4) is 0 Å². The van der Waals surface area contributed by atoms with E-state index in [2.05, 4.69) is 31.1 Å². The van der Waals surface area contributed by atoms with E-state index < -0.39 is 11.9 Å². The van der Waals surface area contributed by atoms with Crippen molar-refractivity contribution in [2.45, 2.75) is 39.2 Å². The van der Waals surface area contributed by atoms with E-state index in [0.29, 0.717) is 19.0 Å². The van der Waals surface area contributed by atoms with Crippen LogP contribution in [0.4, 0.5) is 0 Å². The van der Waals surface area contributed by atoms with Crippen molar-refractivity contribution in [1.29, 1.82) is 0 Å². The second-order valence-corrected chi connectivity index (χ2v) is 5.36. The normalized spacial score (nSPS) is 22.3. The molecule has 1 saturated carbocycles. The average Bonchev–Trinajstić information content (AvgIpc) is 3.07. The van der Waals surface area contributed by atoms with Gasteiger partial charge in [-0.25, -0.2) is 0 Å². The third-order valence-corrected chi connectivity index (χ3v) is 3.56. The monoisotopic (exact) mass is 256 g/mol. The number of nitrogens with one attached hydrogen (secondary N) is 1. The molecule has 1 aliphatic carbocycles. The fourth-order valence-corrected chi connectivity index (χ4v) is 1.84. The fourth-order valence-electron chi connectivity index (χ4n) is 1.84. The van der Waals surface area contributed by atoms with Gasteiger partial charge >= 0.3 is 5.97 Å². The van der Waals surface area contributed by atoms with Crippen LogP contribution in [0, 0.1) is 11.8 Å². The van der Waals surface area contributed by atoms with Gasteiger partial charge in [-0.1, -0.05) is 0 Å². The van der Waals surface area contributed by atoms with E-state index >= 15 is 0 Å². The summed E-state index contributed by atoms with van der Waals surface area (Å²) in [7, 11) is 2.09. The minimum absolute atomic E-state index is 0.0976. The van der Waals surface area contributed by atoms with Gasteiger partial charge in [0.1, 0.15) is 0 Å². The molecule has 1 fully saturated rings. The summed E-state index contributed by atoms with van der Waals surface area (Å²) < 4.78 is 0. The van der Waals surface area contributed by atoms with Gasteiger partial charge in [-0.05, 0) is 46.7 Å². The molecule has 2 atom stereocenters. The van der Waals surface area contributed by atoms with Crippen molar-refractivity contribution in [2.75, 3.05) is 20.1 Å². The zero-order valence-electron chi connectivity index (χ0n) is 11.5. The lowest BCUT2D eigenvalue weighted by molar-refractivity contribution is -0.140. The first-order valence-electron chi connectivity index (χ1n) is 6.64. The molecule has 18 heavy (non-hydrogen) atoms. The molecule has 5 heteroatoms. The SMILES string of the molecule is CC(C)N(C)CCCCNC(=O)C1CC1C(=O)O. The van der Waals surface area contributed by atoms with Gasteiger partial charge < -0.3 is 15.3 Å². The molecule has 0 aromatic heterocycles. The van der Waals surface area contributed by atoms with Gasteiger partial charge in [-0.3, -0.25) is 9.59 Å². The first-order valence-corrected chi connectivity index (χ1v) is 6.64. The van der Waals surface area contributed by atoms with Crippen molar-refractivity contribution in [2.24, 2.45) is 11.8 Å². The Morgan fingerprint density at radius 1 is 1.33 bits per heavy atom. The van der Waals surface area contributed by atoms with Gasteiger partial charge in [0, 0.05) is 12.6 Å². The Morgan fingerprint density at radius 3 is 2.50 bits per heavy atom. The van der Waals surface area contributed by atoms with Crippen molar-refractivity contribution >= 4 is 11.9 Å². The molecule has 0 heterocycles. The van der Waals surface area contributed by atoms with Crippen molar-refractivity contribution in [3.8, 4) is 0 Å². The van der Waals surface area contributed by atoms with Crippen LogP contribution in [-0.4, -0.2) is 48.1 Å². The van der Waals surface area contributed by atoms with Crippen LogP contribution in [0.1, 0.15) is 33.1 Å². The molecule has 104 valence electrons. The second kappa shape index (κ2) is 6.73. The lowest BCUT2D eigenvalue weighted by Gasteiger charge is -2.20. The minimum atomic E-state index is -0.853. The summed E-state index contributed by atoms with van der Waals surface area (Å²) in [6.07, 6.45) is 2.48. The topological polar surface area (TPSA) is 69.6 Å². The highest BCUT2D eigenvalue weighted by Crippen LogP contribution is 2.38. The van der Waals surface area contributed by atoms with E-state index in [4.69, 9.17) is 5.11 Å². The smallest absolute Gasteiger partial charge is 0.307 e. The summed E-state index contributed by atoms with van der Waals surface area (Å²) in [5, 5.41) is 11.5. The third kappa shape index (κ3) is 4.64. The zero-order valence-corrected chi connectivity index (χ0v) is 11.5. The number of carboxylic acids is 1. The maximum atomic E-state index is 11.5. The Hall–Kier alpha value is -1.10. The highest BCUT2D eigenvalue weighted by atomic mass is 16.4. The molecule has 0 saturated heterocycles. The number of hydrogen-bond acceptors (Lipinski definition) is 3. The van der Waals surface area contributed by atoms with Crippen LogP contribution in [0.25, 0.3) is 0 Å². The number of unbranched alkanes of at least 4 members (excludes halogenated alkanes) is 1. The number of aliphatic carboxylic acids is 1. The number of amides is 1. The molecule has 0 radical (unpaired) electrons. The van der Waals surface area contributed by atoms with E-state index in [-0.39, 0.29) is 11.8 Å². The van der Waals surface area contributed by atoms with Gasteiger partial charge in [0.15, 0.2) is 0 Å². The number of rotatable bonds is 8. The van der Waals surface area contributed by atoms with Crippen molar-refractivity contribution in [1.82, 2.24) is 10.2 Å². The number of nitrogens with zero attached hydrogens (tertiary/aromatic N) is 1. The van der Waals surface area contributed by atoms with E-state index in [0.717, 1.165) is 19.4 Å². The summed E-state index contributed by atoms with van der Waals surface area (Å²) in [6, 6.07) is 0.544. The number of hydrogen-bond donors (Lipinski definition) is 2. The Bertz CT molecular complexity index is 305. The summed E-state index contributed by atoms with van der Waals surface area (Å²) in [6.45, 7) is 5.98. The molecule has 0 aromatic carbocycles. The molecule has 0 spiro atoms. The molecule has 5 nitrogen and oxygen atoms in total. The second-order valence-electron chi connectivity index (χ2n) is 5.36. The predicted molar refractivity (Wildman–Crippen MR) is 69.2 cm³/mol. The Labute approximate surface area is 109 Å². The first-order chi connectivity index (χ1) is 8.43. The highest BCUT2D eigenvalue weighted by molar-refractivity contribution is 5.89. The predicted octanol–water partition coefficient (Wildman–Crippen LogP) is 0.944. The quantitative estimate of drug-likeness (QED) is 0.634. The van der Waals surface area contributed by atoms with Crippen molar-refractivity contribution in [3.63, 3.8) is 0 Å². The largest absolute Gasteiger partial charge is 0.481 e. The maximum Gasteiger partial charge on any atom is 0.307 e. The number of carboxylic acid groups (broad SMARTS) is 1. The maximum absolute atomic E-state index is 11.5. The molecule has 1 amide bonds. The molecule has 1 rings (SSSR count). The molecule has 0 aliphatic heterocycles. The number of carbonyl (C=O) groups is 2. The third-order valence-electron chi connectivity index (χ3n) is 3.56. The summed E-state index contributed by atoms with van der Waals surface area (Å²) in [5.41, 5.74) is 0. The van der Waals surface area contributed by atoms with E-state index in [1.54, 1.807) is 0 Å². The van der Waals surface area contributed by atoms with Gasteiger partial charge in [-0.2, -0.15) is 0 Å². The van der Waals surface area contributed by atoms with Crippen LogP contribution in [-0.2, 0) is 9.59 Å². The summed E-state index contributed by atoms with van der Waals surface area (Å²) >= 11 is 0. The van der Waals surface area contributed by atoms with E-state index in [9.17, 15) is 9.59 Å². The highest BCUT2D eigenvalue weighted by Gasteiger charge is 2.48. The Morgan fingerprint density at radius 2 is 2.00 bits per heavy atom. The lowest BCUT2D eigenvalue weighted by Crippen LogP contribution is -2.30. The van der Waals surface area contributed by atoms with Crippen LogP contribution in [0.5, 0.6) is 0 Å². The van der Waals surface area contributed by atoms with Crippen molar-refractivity contribution < 1.29 is 14.7 Å². The lowest BCUT2D eigenvalue weighted by atomic mass is 10.2. The van der Waals surface area contributed by atoms with Gasteiger partial charge in [0.05, 0.1) is 11.8 Å². The molecule has 1 aliphatic rings. The average molecular weight is 256 g/mol. The van der Waals surface area contributed by atoms with Crippen LogP contribution < -0.4 is 5.32 Å². The molecule has 2 N–H and O–H groups in total. The molecule has 0 aromatic rings. The Balaban J connectivity index is 2.02. The molecule has 0 bridgehead atoms. The van der Waals surface area contributed by atoms with Crippen LogP contribution >= 0.6 is 0 Å². The zero-order chi connectivity index (χ0) is 13.7. The van der Waals surface area contributed by atoms with Gasteiger partial charge in [0.25, 0.3) is 0 Å². The van der Waals surface area contributed by atoms with E-state index in [1.807, 2.05) is 0 Å². The molecule has 2 unspecified atom stereocenters. The number of carbonyl (C=O) groups excluding carboxylic acids is 1. The summed E-state index contributed by atoms with van der Waals surface area (Å²) in [4.78, 5) is 24.4. The van der Waals surface area contributed by atoms with Gasteiger partial charge in [0.2, 0.25) is 5.91 Å². The first kappa shape index (κ1) is 15.0. The Kier molecular flexibility index (Phi) is 5.59. The molecular weight excluding hydrogens is 232 g/mol. The van der Waals surface area contributed by atoms with Crippen molar-refractivity contribution in [3.05, 3.63) is 0 Å². The molecular formula is C13H24N2O3. The minimum Gasteiger partial charge on any atom is -0.481 e. The van der Waals surface area contributed by atoms with Crippen LogP contribution in [0.15, 0.2) is 0 Å². The standard InChI is InChI=1S/C13H24N2O3/c1-9(2)15(3)7-5-4-6-14-12(16)10-8-11(10)13(17)18/h9-11H,4-8H2,1-3H3,(H,14,16)(H,17,18).